The van der Waals surface area contributed by atoms with Crippen LogP contribution in [0.3, 0.4) is 0 Å². The SMILES string of the molecule is Brc1csc(-c2noc(CSc3nnc(NCC4CCCO4)s3)n2)c1. The van der Waals surface area contributed by atoms with Crippen molar-refractivity contribution in [2.75, 3.05) is 18.5 Å². The van der Waals surface area contributed by atoms with E-state index in [0.29, 0.717) is 17.5 Å². The Morgan fingerprint density at radius 1 is 1.40 bits per heavy atom. The highest BCUT2D eigenvalue weighted by Crippen LogP contribution is 2.30. The van der Waals surface area contributed by atoms with Crippen molar-refractivity contribution in [1.82, 2.24) is 20.3 Å². The minimum Gasteiger partial charge on any atom is -0.376 e. The zero-order valence-electron chi connectivity index (χ0n) is 13.0. The summed E-state index contributed by atoms with van der Waals surface area (Å²) >= 11 is 8.06. The van der Waals surface area contributed by atoms with Crippen molar-refractivity contribution in [2.24, 2.45) is 0 Å². The molecule has 1 saturated heterocycles. The predicted octanol–water partition coefficient (Wildman–Crippen LogP) is 4.30. The fourth-order valence-electron chi connectivity index (χ4n) is 2.31. The van der Waals surface area contributed by atoms with Gasteiger partial charge in [0.2, 0.25) is 16.8 Å². The first-order valence-corrected chi connectivity index (χ1v) is 11.1. The van der Waals surface area contributed by atoms with Crippen LogP contribution in [0.2, 0.25) is 0 Å². The minimum absolute atomic E-state index is 0.286. The third kappa shape index (κ3) is 4.59. The van der Waals surface area contributed by atoms with Gasteiger partial charge in [-0.1, -0.05) is 28.3 Å². The van der Waals surface area contributed by atoms with Crippen LogP contribution in [0.15, 0.2) is 24.8 Å². The van der Waals surface area contributed by atoms with Gasteiger partial charge in [-0.15, -0.1) is 21.5 Å². The monoisotopic (exact) mass is 459 g/mol. The molecule has 3 aromatic rings. The fraction of sp³-hybridized carbons (Fsp3) is 0.429. The molecule has 0 amide bonds. The number of ether oxygens (including phenoxy) is 1. The molecule has 3 aromatic heterocycles. The fourth-order valence-corrected chi connectivity index (χ4v) is 5.26. The van der Waals surface area contributed by atoms with Crippen LogP contribution in [0, 0.1) is 0 Å². The Morgan fingerprint density at radius 3 is 3.16 bits per heavy atom. The molecule has 0 radical (unpaired) electrons. The van der Waals surface area contributed by atoms with Gasteiger partial charge in [0, 0.05) is 23.0 Å². The van der Waals surface area contributed by atoms with Crippen molar-refractivity contribution in [2.45, 2.75) is 29.0 Å². The Labute approximate surface area is 164 Å². The molecule has 1 unspecified atom stereocenters. The quantitative estimate of drug-likeness (QED) is 0.523. The van der Waals surface area contributed by atoms with Crippen LogP contribution in [-0.4, -0.2) is 39.6 Å². The van der Waals surface area contributed by atoms with Gasteiger partial charge in [0.25, 0.3) is 0 Å². The zero-order valence-corrected chi connectivity index (χ0v) is 17.0. The maximum atomic E-state index is 5.59. The van der Waals surface area contributed by atoms with Gasteiger partial charge in [0.15, 0.2) is 4.34 Å². The van der Waals surface area contributed by atoms with Gasteiger partial charge in [-0.3, -0.25) is 0 Å². The summed E-state index contributed by atoms with van der Waals surface area (Å²) in [6, 6.07) is 1.98. The van der Waals surface area contributed by atoms with E-state index in [9.17, 15) is 0 Å². The van der Waals surface area contributed by atoms with E-state index in [1.165, 1.54) is 23.1 Å². The summed E-state index contributed by atoms with van der Waals surface area (Å²) in [5, 5.41) is 18.4. The summed E-state index contributed by atoms with van der Waals surface area (Å²) in [5.41, 5.74) is 0. The van der Waals surface area contributed by atoms with Crippen LogP contribution < -0.4 is 5.32 Å². The number of halogens is 1. The van der Waals surface area contributed by atoms with Crippen LogP contribution in [0.1, 0.15) is 18.7 Å². The first-order valence-electron chi connectivity index (χ1n) is 7.65. The van der Waals surface area contributed by atoms with E-state index in [4.69, 9.17) is 9.26 Å². The number of hydrogen-bond acceptors (Lipinski definition) is 10. The summed E-state index contributed by atoms with van der Waals surface area (Å²) < 4.78 is 12.8. The summed E-state index contributed by atoms with van der Waals surface area (Å²) in [5.74, 6) is 1.76. The van der Waals surface area contributed by atoms with E-state index in [-0.39, 0.29) is 6.10 Å². The molecular formula is C14H14BrN5O2S3. The molecule has 132 valence electrons. The maximum absolute atomic E-state index is 5.59. The lowest BCUT2D eigenvalue weighted by molar-refractivity contribution is 0.120. The lowest BCUT2D eigenvalue weighted by atomic mass is 10.2. The molecule has 4 rings (SSSR count). The van der Waals surface area contributed by atoms with Crippen molar-refractivity contribution in [3.63, 3.8) is 0 Å². The standard InChI is InChI=1S/C14H14BrN5O2S3/c15-8-4-10(23-6-8)12-17-11(22-20-12)7-24-14-19-18-13(25-14)16-5-9-2-1-3-21-9/h4,6,9H,1-3,5,7H2,(H,16,18). The summed E-state index contributed by atoms with van der Waals surface area (Å²) in [4.78, 5) is 5.39. The molecular weight excluding hydrogens is 446 g/mol. The van der Waals surface area contributed by atoms with E-state index >= 15 is 0 Å². The first kappa shape index (κ1) is 17.4. The van der Waals surface area contributed by atoms with Gasteiger partial charge in [-0.25, -0.2) is 0 Å². The summed E-state index contributed by atoms with van der Waals surface area (Å²) in [7, 11) is 0. The number of anilines is 1. The predicted molar refractivity (Wildman–Crippen MR) is 102 cm³/mol. The molecule has 0 saturated carbocycles. The van der Waals surface area contributed by atoms with E-state index in [0.717, 1.165) is 44.8 Å². The Hall–Kier alpha value is -1.01. The summed E-state index contributed by atoms with van der Waals surface area (Å²) in [6.07, 6.45) is 2.53. The number of nitrogens with zero attached hydrogens (tertiary/aromatic N) is 4. The molecule has 0 spiro atoms. The highest BCUT2D eigenvalue weighted by Gasteiger charge is 2.16. The van der Waals surface area contributed by atoms with Crippen molar-refractivity contribution in [3.05, 3.63) is 21.8 Å². The molecule has 0 aromatic carbocycles. The highest BCUT2D eigenvalue weighted by molar-refractivity contribution is 9.10. The van der Waals surface area contributed by atoms with Crippen molar-refractivity contribution in [3.8, 4) is 10.7 Å². The molecule has 25 heavy (non-hydrogen) atoms. The molecule has 1 aliphatic heterocycles. The molecule has 0 aliphatic carbocycles. The van der Waals surface area contributed by atoms with Gasteiger partial charge in [0.05, 0.1) is 16.7 Å². The number of hydrogen-bond donors (Lipinski definition) is 1. The van der Waals surface area contributed by atoms with Crippen molar-refractivity contribution >= 4 is 55.5 Å². The zero-order chi connectivity index (χ0) is 17.1. The molecule has 1 fully saturated rings. The van der Waals surface area contributed by atoms with E-state index in [2.05, 4.69) is 41.6 Å². The van der Waals surface area contributed by atoms with Crippen LogP contribution in [0.5, 0.6) is 0 Å². The number of aromatic nitrogens is 4. The minimum atomic E-state index is 0.286. The maximum Gasteiger partial charge on any atom is 0.237 e. The second-order valence-corrected chi connectivity index (χ2v) is 9.35. The number of nitrogens with one attached hydrogen (secondary N) is 1. The highest BCUT2D eigenvalue weighted by atomic mass is 79.9. The third-order valence-corrected chi connectivity index (χ3v) is 7.17. The Bertz CT molecular complexity index is 830. The molecule has 1 N–H and O–H groups in total. The van der Waals surface area contributed by atoms with Gasteiger partial charge >= 0.3 is 0 Å². The topological polar surface area (TPSA) is 86.0 Å². The third-order valence-electron chi connectivity index (χ3n) is 3.49. The lowest BCUT2D eigenvalue weighted by Crippen LogP contribution is -2.18. The van der Waals surface area contributed by atoms with Crippen molar-refractivity contribution < 1.29 is 9.26 Å². The largest absolute Gasteiger partial charge is 0.376 e. The van der Waals surface area contributed by atoms with Crippen LogP contribution in [0.25, 0.3) is 10.7 Å². The average Bonchev–Trinajstić information content (AvgIpc) is 3.38. The average molecular weight is 460 g/mol. The smallest absolute Gasteiger partial charge is 0.237 e. The lowest BCUT2D eigenvalue weighted by Gasteiger charge is -2.08. The van der Waals surface area contributed by atoms with Gasteiger partial charge in [-0.05, 0) is 34.8 Å². The van der Waals surface area contributed by atoms with Crippen molar-refractivity contribution in [1.29, 1.82) is 0 Å². The van der Waals surface area contributed by atoms with Crippen LogP contribution in [0.4, 0.5) is 5.13 Å². The van der Waals surface area contributed by atoms with E-state index in [1.54, 1.807) is 11.3 Å². The molecule has 11 heteroatoms. The molecule has 4 heterocycles. The van der Waals surface area contributed by atoms with E-state index in [1.807, 2.05) is 11.4 Å². The normalized spacial score (nSPS) is 17.2. The van der Waals surface area contributed by atoms with Gasteiger partial charge in [0.1, 0.15) is 0 Å². The molecule has 1 aliphatic rings. The van der Waals surface area contributed by atoms with Crippen LogP contribution >= 0.6 is 50.4 Å². The Balaban J connectivity index is 1.29. The molecule has 1 atom stereocenters. The Kier molecular flexibility index (Phi) is 5.66. The Morgan fingerprint density at radius 2 is 2.36 bits per heavy atom. The second-order valence-electron chi connectivity index (χ2n) is 5.32. The number of thiophene rings is 1. The number of thioether (sulfide) groups is 1. The van der Waals surface area contributed by atoms with E-state index < -0.39 is 0 Å². The molecule has 7 nitrogen and oxygen atoms in total. The van der Waals surface area contributed by atoms with Gasteiger partial charge in [-0.2, -0.15) is 4.98 Å². The van der Waals surface area contributed by atoms with Gasteiger partial charge < -0.3 is 14.6 Å². The van der Waals surface area contributed by atoms with Crippen LogP contribution in [-0.2, 0) is 10.5 Å². The first-order chi connectivity index (χ1) is 12.3. The number of rotatable bonds is 7. The summed E-state index contributed by atoms with van der Waals surface area (Å²) in [6.45, 7) is 1.64. The molecule has 0 bridgehead atoms. The second kappa shape index (κ2) is 8.12.